The monoisotopic (exact) mass is 427 g/mol. The van der Waals surface area contributed by atoms with E-state index in [1.165, 1.54) is 5.69 Å². The largest absolute Gasteiger partial charge is 0.497 e. The van der Waals surface area contributed by atoms with Gasteiger partial charge in [0.15, 0.2) is 5.65 Å². The van der Waals surface area contributed by atoms with Crippen LogP contribution in [-0.4, -0.2) is 58.7 Å². The Morgan fingerprint density at radius 3 is 2.34 bits per heavy atom. The predicted octanol–water partition coefficient (Wildman–Crippen LogP) is 3.68. The first kappa shape index (κ1) is 20.1. The van der Waals surface area contributed by atoms with E-state index in [0.29, 0.717) is 18.7 Å². The van der Waals surface area contributed by atoms with E-state index in [0.717, 1.165) is 41.3 Å². The normalized spacial score (nSPS) is 14.1. The molecule has 162 valence electrons. The third-order valence-electron chi connectivity index (χ3n) is 6.09. The van der Waals surface area contributed by atoms with Crippen LogP contribution in [0.5, 0.6) is 5.75 Å². The highest BCUT2D eigenvalue weighted by atomic mass is 16.5. The number of hydrogen-bond donors (Lipinski definition) is 0. The van der Waals surface area contributed by atoms with Gasteiger partial charge in [-0.05, 0) is 36.8 Å². The molecule has 1 aliphatic heterocycles. The van der Waals surface area contributed by atoms with E-state index < -0.39 is 0 Å². The minimum Gasteiger partial charge on any atom is -0.497 e. The van der Waals surface area contributed by atoms with E-state index in [-0.39, 0.29) is 5.91 Å². The fourth-order valence-corrected chi connectivity index (χ4v) is 4.21. The van der Waals surface area contributed by atoms with Crippen molar-refractivity contribution in [3.8, 4) is 16.9 Å². The van der Waals surface area contributed by atoms with Crippen LogP contribution in [0.1, 0.15) is 16.1 Å². The second-order valence-electron chi connectivity index (χ2n) is 7.89. The molecule has 0 spiro atoms. The Morgan fingerprint density at radius 1 is 0.938 bits per heavy atom. The van der Waals surface area contributed by atoms with Crippen LogP contribution in [0.25, 0.3) is 16.8 Å². The Bertz CT molecular complexity index is 1240. The van der Waals surface area contributed by atoms with Gasteiger partial charge in [0.05, 0.1) is 24.6 Å². The predicted molar refractivity (Wildman–Crippen MR) is 124 cm³/mol. The minimum atomic E-state index is 0.00566. The molecule has 5 rings (SSSR count). The van der Waals surface area contributed by atoms with Gasteiger partial charge in [-0.15, -0.1) is 0 Å². The van der Waals surface area contributed by atoms with Crippen LogP contribution < -0.4 is 9.64 Å². The van der Waals surface area contributed by atoms with Crippen LogP contribution in [0.15, 0.2) is 67.0 Å². The van der Waals surface area contributed by atoms with Gasteiger partial charge in [0.1, 0.15) is 5.75 Å². The zero-order valence-electron chi connectivity index (χ0n) is 18.2. The summed E-state index contributed by atoms with van der Waals surface area (Å²) in [5.74, 6) is 0.806. The van der Waals surface area contributed by atoms with E-state index in [2.05, 4.69) is 27.1 Å². The fraction of sp³-hybridized carbons (Fsp3) is 0.240. The number of piperazine rings is 1. The van der Waals surface area contributed by atoms with Crippen LogP contribution in [0.4, 0.5) is 5.69 Å². The second kappa shape index (κ2) is 8.34. The molecule has 0 bridgehead atoms. The first-order valence-corrected chi connectivity index (χ1v) is 10.7. The quantitative estimate of drug-likeness (QED) is 0.497. The fourth-order valence-electron chi connectivity index (χ4n) is 4.21. The van der Waals surface area contributed by atoms with Gasteiger partial charge in [-0.3, -0.25) is 4.79 Å². The number of fused-ring (bicyclic) bond motifs is 1. The number of amides is 1. The molecule has 32 heavy (non-hydrogen) atoms. The number of carbonyl (C=O) groups is 1. The maximum atomic E-state index is 13.3. The summed E-state index contributed by atoms with van der Waals surface area (Å²) in [6.07, 6.45) is 3.48. The van der Waals surface area contributed by atoms with E-state index in [1.54, 1.807) is 24.0 Å². The SMILES string of the molecule is COc1ccc(-c2cnn3c(C)c(C(=O)N4CCN(c5ccccc5)CC4)cnc23)cc1. The molecule has 0 N–H and O–H groups in total. The maximum absolute atomic E-state index is 13.3. The van der Waals surface area contributed by atoms with Gasteiger partial charge in [-0.25, -0.2) is 9.50 Å². The molecule has 2 aromatic carbocycles. The summed E-state index contributed by atoms with van der Waals surface area (Å²) in [5.41, 5.74) is 5.25. The Kier molecular flexibility index (Phi) is 5.23. The Morgan fingerprint density at radius 2 is 1.66 bits per heavy atom. The summed E-state index contributed by atoms with van der Waals surface area (Å²) in [5, 5.41) is 4.52. The van der Waals surface area contributed by atoms with Crippen molar-refractivity contribution in [2.75, 3.05) is 38.2 Å². The van der Waals surface area contributed by atoms with Gasteiger partial charge in [-0.1, -0.05) is 30.3 Å². The van der Waals surface area contributed by atoms with Crippen LogP contribution in [0, 0.1) is 6.92 Å². The summed E-state index contributed by atoms with van der Waals surface area (Å²) < 4.78 is 7.00. The lowest BCUT2D eigenvalue weighted by Crippen LogP contribution is -2.49. The van der Waals surface area contributed by atoms with Crippen molar-refractivity contribution < 1.29 is 9.53 Å². The number of ether oxygens (including phenoxy) is 1. The number of rotatable bonds is 4. The highest BCUT2D eigenvalue weighted by Crippen LogP contribution is 2.27. The number of benzene rings is 2. The van der Waals surface area contributed by atoms with Crippen molar-refractivity contribution in [3.05, 3.63) is 78.2 Å². The average molecular weight is 428 g/mol. The zero-order chi connectivity index (χ0) is 22.1. The van der Waals surface area contributed by atoms with Gasteiger partial charge in [0.2, 0.25) is 0 Å². The van der Waals surface area contributed by atoms with Crippen molar-refractivity contribution in [2.24, 2.45) is 0 Å². The number of carbonyl (C=O) groups excluding carboxylic acids is 1. The highest BCUT2D eigenvalue weighted by Gasteiger charge is 2.25. The lowest BCUT2D eigenvalue weighted by molar-refractivity contribution is 0.0745. The molecule has 0 saturated carbocycles. The van der Waals surface area contributed by atoms with Crippen molar-refractivity contribution in [1.82, 2.24) is 19.5 Å². The van der Waals surface area contributed by atoms with Gasteiger partial charge >= 0.3 is 0 Å². The molecule has 1 fully saturated rings. The number of hydrogen-bond acceptors (Lipinski definition) is 5. The summed E-state index contributed by atoms with van der Waals surface area (Å²) in [6, 6.07) is 18.1. The summed E-state index contributed by atoms with van der Waals surface area (Å²) >= 11 is 0. The topological polar surface area (TPSA) is 63.0 Å². The van der Waals surface area contributed by atoms with Gasteiger partial charge in [0.25, 0.3) is 5.91 Å². The molecule has 0 radical (unpaired) electrons. The van der Waals surface area contributed by atoms with E-state index in [4.69, 9.17) is 4.74 Å². The molecular formula is C25H25N5O2. The molecule has 2 aromatic heterocycles. The molecule has 0 atom stereocenters. The number of aromatic nitrogens is 3. The number of methoxy groups -OCH3 is 1. The van der Waals surface area contributed by atoms with Gasteiger partial charge in [0, 0.05) is 43.6 Å². The Labute approximate surface area is 186 Å². The number of anilines is 1. The Hall–Kier alpha value is -3.87. The molecule has 3 heterocycles. The van der Waals surface area contributed by atoms with Crippen molar-refractivity contribution >= 4 is 17.2 Å². The van der Waals surface area contributed by atoms with Gasteiger partial charge < -0.3 is 14.5 Å². The molecule has 1 amide bonds. The lowest BCUT2D eigenvalue weighted by Gasteiger charge is -2.36. The molecule has 4 aromatic rings. The summed E-state index contributed by atoms with van der Waals surface area (Å²) in [7, 11) is 1.65. The van der Waals surface area contributed by atoms with Crippen LogP contribution >= 0.6 is 0 Å². The average Bonchev–Trinajstić information content (AvgIpc) is 3.30. The van der Waals surface area contributed by atoms with Crippen molar-refractivity contribution in [2.45, 2.75) is 6.92 Å². The first-order valence-electron chi connectivity index (χ1n) is 10.7. The number of nitrogens with zero attached hydrogens (tertiary/aromatic N) is 5. The molecule has 7 heteroatoms. The standard InChI is InChI=1S/C25H25N5O2/c1-18-22(25(31)29-14-12-28(13-15-29)20-6-4-3-5-7-20)16-26-24-23(17-27-30(18)24)19-8-10-21(32-2)11-9-19/h3-11,16-17H,12-15H2,1-2H3. The Balaban J connectivity index is 1.36. The molecule has 7 nitrogen and oxygen atoms in total. The van der Waals surface area contributed by atoms with E-state index in [1.807, 2.05) is 54.3 Å². The first-order chi connectivity index (χ1) is 15.7. The zero-order valence-corrected chi connectivity index (χ0v) is 18.2. The summed E-state index contributed by atoms with van der Waals surface area (Å²) in [4.78, 5) is 22.1. The number of aryl methyl sites for hydroxylation is 1. The third kappa shape index (κ3) is 3.56. The highest BCUT2D eigenvalue weighted by molar-refractivity contribution is 5.95. The van der Waals surface area contributed by atoms with Crippen LogP contribution in [0.3, 0.4) is 0 Å². The molecule has 1 saturated heterocycles. The van der Waals surface area contributed by atoms with E-state index >= 15 is 0 Å². The molecule has 0 aliphatic carbocycles. The molecular weight excluding hydrogens is 402 g/mol. The summed E-state index contributed by atoms with van der Waals surface area (Å²) in [6.45, 7) is 4.91. The molecule has 1 aliphatic rings. The van der Waals surface area contributed by atoms with Crippen LogP contribution in [-0.2, 0) is 0 Å². The smallest absolute Gasteiger partial charge is 0.257 e. The van der Waals surface area contributed by atoms with Crippen LogP contribution in [0.2, 0.25) is 0 Å². The molecule has 0 unspecified atom stereocenters. The van der Waals surface area contributed by atoms with E-state index in [9.17, 15) is 4.79 Å². The third-order valence-corrected chi connectivity index (χ3v) is 6.09. The maximum Gasteiger partial charge on any atom is 0.257 e. The lowest BCUT2D eigenvalue weighted by atomic mass is 10.1. The van der Waals surface area contributed by atoms with Crippen molar-refractivity contribution in [1.29, 1.82) is 0 Å². The minimum absolute atomic E-state index is 0.00566. The van der Waals surface area contributed by atoms with Crippen molar-refractivity contribution in [3.63, 3.8) is 0 Å². The number of para-hydroxylation sites is 1. The van der Waals surface area contributed by atoms with Gasteiger partial charge in [-0.2, -0.15) is 5.10 Å². The second-order valence-corrected chi connectivity index (χ2v) is 7.89.